The molecular formula is C25H22F3N3O4. The Hall–Kier alpha value is -3.82. The molecular weight excluding hydrogens is 463 g/mol. The van der Waals surface area contributed by atoms with E-state index >= 15 is 0 Å². The zero-order valence-electron chi connectivity index (χ0n) is 18.8. The van der Waals surface area contributed by atoms with Gasteiger partial charge in [0.05, 0.1) is 18.7 Å². The van der Waals surface area contributed by atoms with Crippen molar-refractivity contribution in [1.29, 1.82) is 0 Å². The molecule has 1 saturated heterocycles. The Morgan fingerprint density at radius 2 is 1.97 bits per heavy atom. The van der Waals surface area contributed by atoms with E-state index in [0.717, 1.165) is 11.6 Å². The Balaban J connectivity index is 1.52. The number of nitrogens with one attached hydrogen (secondary N) is 1. The molecule has 1 atom stereocenters. The van der Waals surface area contributed by atoms with Crippen molar-refractivity contribution >= 4 is 17.7 Å². The Labute approximate surface area is 198 Å². The molecule has 0 bridgehead atoms. The summed E-state index contributed by atoms with van der Waals surface area (Å²) in [4.78, 5) is 25.1. The van der Waals surface area contributed by atoms with E-state index in [2.05, 4.69) is 10.5 Å². The highest BCUT2D eigenvalue weighted by Gasteiger charge is 2.36. The number of carbonyl (C=O) groups excluding carboxylic acids is 2. The molecule has 1 aromatic heterocycles. The molecule has 1 aliphatic heterocycles. The van der Waals surface area contributed by atoms with Crippen LogP contribution in [0.5, 0.6) is 0 Å². The number of aromatic nitrogens is 1. The summed E-state index contributed by atoms with van der Waals surface area (Å²) >= 11 is 0. The molecule has 0 spiro atoms. The van der Waals surface area contributed by atoms with Crippen LogP contribution in [0.3, 0.4) is 0 Å². The molecule has 1 fully saturated rings. The van der Waals surface area contributed by atoms with E-state index in [1.54, 1.807) is 12.1 Å². The number of hydrogen-bond donors (Lipinski definition) is 1. The van der Waals surface area contributed by atoms with E-state index in [-0.39, 0.29) is 30.3 Å². The highest BCUT2D eigenvalue weighted by molar-refractivity contribution is 5.91. The zero-order chi connectivity index (χ0) is 24.7. The number of nitrogens with zero attached hydrogens (tertiary/aromatic N) is 2. The number of alkyl halides is 3. The predicted octanol–water partition coefficient (Wildman–Crippen LogP) is 4.98. The van der Waals surface area contributed by atoms with Crippen molar-refractivity contribution in [3.05, 3.63) is 59.2 Å². The van der Waals surface area contributed by atoms with Gasteiger partial charge < -0.3 is 14.6 Å². The van der Waals surface area contributed by atoms with Crippen molar-refractivity contribution in [2.24, 2.45) is 0 Å². The van der Waals surface area contributed by atoms with Gasteiger partial charge in [0.2, 0.25) is 5.91 Å². The average molecular weight is 485 g/mol. The van der Waals surface area contributed by atoms with Crippen LogP contribution in [0.15, 0.2) is 47.0 Å². The summed E-state index contributed by atoms with van der Waals surface area (Å²) < 4.78 is 52.0. The van der Waals surface area contributed by atoms with Gasteiger partial charge in [0.25, 0.3) is 0 Å². The smallest absolute Gasteiger partial charge is 0.417 e. The van der Waals surface area contributed by atoms with E-state index in [1.165, 1.54) is 24.0 Å². The van der Waals surface area contributed by atoms with Crippen molar-refractivity contribution in [2.75, 3.05) is 18.0 Å². The molecule has 35 heavy (non-hydrogen) atoms. The standard InChI is InChI=1S/C25H22F3N3O4/c1-14(32)29-12-17-13-31(24(33)34-17)16-10-9-15-5-4-7-19-22(30-35-23(19)20(15)11-16)18-6-2-3-8-21(18)25(26,27)28/h2-3,6,8-11,17H,4-5,7,12-13H2,1H3,(H,29,32)/t17-/m0/s1. The summed E-state index contributed by atoms with van der Waals surface area (Å²) in [5.74, 6) is 0.193. The van der Waals surface area contributed by atoms with Gasteiger partial charge in [-0.25, -0.2) is 4.79 Å². The summed E-state index contributed by atoms with van der Waals surface area (Å²) in [5.41, 5.74) is 2.23. The normalized spacial score (nSPS) is 17.4. The van der Waals surface area contributed by atoms with Crippen LogP contribution in [0.2, 0.25) is 0 Å². The van der Waals surface area contributed by atoms with Crippen molar-refractivity contribution in [3.63, 3.8) is 0 Å². The maximum atomic E-state index is 13.7. The van der Waals surface area contributed by atoms with Crippen LogP contribution < -0.4 is 10.2 Å². The Kier molecular flexibility index (Phi) is 5.74. The second-order valence-electron chi connectivity index (χ2n) is 8.63. The SMILES string of the molecule is CC(=O)NC[C@H]1CN(c2ccc3c(c2)-c2onc(-c4ccccc4C(F)(F)F)c2CCC3)C(=O)O1. The van der Waals surface area contributed by atoms with Gasteiger partial charge in [0, 0.05) is 29.3 Å². The number of hydrogen-bond acceptors (Lipinski definition) is 5. The van der Waals surface area contributed by atoms with Gasteiger partial charge in [-0.1, -0.05) is 29.4 Å². The highest BCUT2D eigenvalue weighted by Crippen LogP contribution is 2.43. The van der Waals surface area contributed by atoms with Crippen molar-refractivity contribution in [1.82, 2.24) is 10.5 Å². The molecule has 0 saturated carbocycles. The fourth-order valence-electron chi connectivity index (χ4n) is 4.61. The third-order valence-electron chi connectivity index (χ3n) is 6.25. The summed E-state index contributed by atoms with van der Waals surface area (Å²) in [7, 11) is 0. The first kappa shape index (κ1) is 22.9. The maximum Gasteiger partial charge on any atom is 0.417 e. The van der Waals surface area contributed by atoms with Gasteiger partial charge >= 0.3 is 12.3 Å². The molecule has 1 aliphatic carbocycles. The molecule has 2 amide bonds. The third kappa shape index (κ3) is 4.36. The van der Waals surface area contributed by atoms with E-state index in [4.69, 9.17) is 9.26 Å². The first-order valence-electron chi connectivity index (χ1n) is 11.2. The molecule has 7 nitrogen and oxygen atoms in total. The number of anilines is 1. The van der Waals surface area contributed by atoms with E-state index in [9.17, 15) is 22.8 Å². The minimum absolute atomic E-state index is 0.0199. The van der Waals surface area contributed by atoms with Crippen LogP contribution in [-0.2, 0) is 28.5 Å². The molecule has 2 heterocycles. The van der Waals surface area contributed by atoms with E-state index in [0.29, 0.717) is 41.8 Å². The fraction of sp³-hybridized carbons (Fsp3) is 0.320. The predicted molar refractivity (Wildman–Crippen MR) is 121 cm³/mol. The van der Waals surface area contributed by atoms with Crippen LogP contribution in [0.1, 0.15) is 30.0 Å². The Morgan fingerprint density at radius 3 is 2.74 bits per heavy atom. The summed E-state index contributed by atoms with van der Waals surface area (Å²) in [5, 5.41) is 6.70. The molecule has 1 N–H and O–H groups in total. The molecule has 182 valence electrons. The van der Waals surface area contributed by atoms with Crippen molar-refractivity contribution in [2.45, 2.75) is 38.5 Å². The minimum atomic E-state index is -4.53. The number of cyclic esters (lactones) is 1. The van der Waals surface area contributed by atoms with Gasteiger partial charge in [-0.2, -0.15) is 13.2 Å². The topological polar surface area (TPSA) is 84.7 Å². The van der Waals surface area contributed by atoms with Crippen LogP contribution in [0, 0.1) is 0 Å². The number of aryl methyl sites for hydroxylation is 1. The number of ether oxygens (including phenoxy) is 1. The summed E-state index contributed by atoms with van der Waals surface area (Å²) in [6.07, 6.45) is -3.62. The largest absolute Gasteiger partial charge is 0.442 e. The lowest BCUT2D eigenvalue weighted by molar-refractivity contribution is -0.137. The lowest BCUT2D eigenvalue weighted by atomic mass is 9.97. The summed E-state index contributed by atoms with van der Waals surface area (Å²) in [6, 6.07) is 10.8. The molecule has 2 aromatic carbocycles. The van der Waals surface area contributed by atoms with Crippen LogP contribution in [0.4, 0.5) is 23.7 Å². The number of fused-ring (bicyclic) bond motifs is 3. The van der Waals surface area contributed by atoms with Crippen molar-refractivity contribution < 1.29 is 32.0 Å². The lowest BCUT2D eigenvalue weighted by Crippen LogP contribution is -2.33. The second kappa shape index (κ2) is 8.75. The van der Waals surface area contributed by atoms with Gasteiger partial charge in [-0.3, -0.25) is 9.69 Å². The second-order valence-corrected chi connectivity index (χ2v) is 8.63. The molecule has 3 aromatic rings. The average Bonchev–Trinajstić information content (AvgIpc) is 3.35. The Morgan fingerprint density at radius 1 is 1.17 bits per heavy atom. The minimum Gasteiger partial charge on any atom is -0.442 e. The van der Waals surface area contributed by atoms with Gasteiger partial charge in [0.15, 0.2) is 5.76 Å². The Bertz CT molecular complexity index is 1300. The van der Waals surface area contributed by atoms with Crippen LogP contribution in [0.25, 0.3) is 22.6 Å². The fourth-order valence-corrected chi connectivity index (χ4v) is 4.61. The van der Waals surface area contributed by atoms with Crippen LogP contribution >= 0.6 is 0 Å². The highest BCUT2D eigenvalue weighted by atomic mass is 19.4. The monoisotopic (exact) mass is 485 g/mol. The van der Waals surface area contributed by atoms with Gasteiger partial charge in [-0.15, -0.1) is 0 Å². The molecule has 0 radical (unpaired) electrons. The van der Waals surface area contributed by atoms with E-state index in [1.807, 2.05) is 12.1 Å². The number of halogens is 3. The summed E-state index contributed by atoms with van der Waals surface area (Å²) in [6.45, 7) is 1.85. The molecule has 2 aliphatic rings. The quantitative estimate of drug-likeness (QED) is 0.564. The number of amides is 2. The zero-order valence-corrected chi connectivity index (χ0v) is 18.8. The molecule has 0 unspecified atom stereocenters. The van der Waals surface area contributed by atoms with Gasteiger partial charge in [0.1, 0.15) is 11.8 Å². The number of carbonyl (C=O) groups is 2. The van der Waals surface area contributed by atoms with Crippen LogP contribution in [-0.4, -0.2) is 36.4 Å². The first-order valence-corrected chi connectivity index (χ1v) is 11.2. The van der Waals surface area contributed by atoms with Gasteiger partial charge in [-0.05, 0) is 43.0 Å². The lowest BCUT2D eigenvalue weighted by Gasteiger charge is -2.15. The number of benzene rings is 2. The van der Waals surface area contributed by atoms with Crippen molar-refractivity contribution in [3.8, 4) is 22.6 Å². The molecule has 5 rings (SSSR count). The molecule has 10 heteroatoms. The first-order chi connectivity index (χ1) is 16.7. The number of rotatable bonds is 4. The maximum absolute atomic E-state index is 13.7. The third-order valence-corrected chi connectivity index (χ3v) is 6.25. The van der Waals surface area contributed by atoms with E-state index < -0.39 is 23.9 Å².